The minimum atomic E-state index is 0.597. The zero-order valence-electron chi connectivity index (χ0n) is 10.1. The summed E-state index contributed by atoms with van der Waals surface area (Å²) in [4.78, 5) is 0. The summed E-state index contributed by atoms with van der Waals surface area (Å²) in [6, 6.07) is 0. The van der Waals surface area contributed by atoms with Crippen LogP contribution in [0.15, 0.2) is 0 Å². The second-order valence-corrected chi connectivity index (χ2v) is 4.90. The van der Waals surface area contributed by atoms with E-state index in [1.54, 1.807) is 0 Å². The first-order valence-electron chi connectivity index (χ1n) is 6.58. The molecule has 1 atom stereocenters. The van der Waals surface area contributed by atoms with Gasteiger partial charge in [0.15, 0.2) is 0 Å². The molecule has 1 N–H and O–H groups in total. The molecule has 0 amide bonds. The van der Waals surface area contributed by atoms with Crippen molar-refractivity contribution in [3.8, 4) is 0 Å². The van der Waals surface area contributed by atoms with Crippen molar-refractivity contribution < 1.29 is 0 Å². The summed E-state index contributed by atoms with van der Waals surface area (Å²) in [6.07, 6.45) is 12.7. The molecule has 1 rings (SSSR count). The van der Waals surface area contributed by atoms with Gasteiger partial charge in [-0.2, -0.15) is 0 Å². The average Bonchev–Trinajstić information content (AvgIpc) is 2.93. The number of nitrogens with one attached hydrogen (secondary N) is 1. The lowest BCUT2D eigenvalue weighted by Crippen LogP contribution is -2.14. The quantitative estimate of drug-likeness (QED) is 0.440. The molecular formula is C13H27N. The first-order valence-corrected chi connectivity index (χ1v) is 6.58. The van der Waals surface area contributed by atoms with Crippen LogP contribution in [0.1, 0.15) is 71.6 Å². The average molecular weight is 197 g/mol. The first-order chi connectivity index (χ1) is 6.83. The van der Waals surface area contributed by atoms with Crippen LogP contribution >= 0.6 is 0 Å². The van der Waals surface area contributed by atoms with E-state index in [2.05, 4.69) is 19.2 Å². The Labute approximate surface area is 89.7 Å². The standard InChI is InChI=1S/C13H27N/c1-3-5-6-7-8-9-11-13(10-4-2)12-14-13/h14H,3-12H2,1-2H3. The van der Waals surface area contributed by atoms with E-state index in [1.807, 2.05) is 0 Å². The van der Waals surface area contributed by atoms with Gasteiger partial charge in [-0.3, -0.25) is 0 Å². The number of hydrogen-bond donors (Lipinski definition) is 1. The molecular weight excluding hydrogens is 170 g/mol. The molecule has 1 aliphatic heterocycles. The van der Waals surface area contributed by atoms with Crippen molar-refractivity contribution in [1.82, 2.24) is 5.32 Å². The Morgan fingerprint density at radius 2 is 1.50 bits per heavy atom. The largest absolute Gasteiger partial charge is 0.308 e. The fourth-order valence-electron chi connectivity index (χ4n) is 2.33. The van der Waals surface area contributed by atoms with Crippen LogP contribution in [0, 0.1) is 0 Å². The van der Waals surface area contributed by atoms with Gasteiger partial charge in [0, 0.05) is 12.1 Å². The summed E-state index contributed by atoms with van der Waals surface area (Å²) in [5.74, 6) is 0. The fourth-order valence-corrected chi connectivity index (χ4v) is 2.33. The van der Waals surface area contributed by atoms with Gasteiger partial charge in [-0.1, -0.05) is 58.8 Å². The monoisotopic (exact) mass is 197 g/mol. The van der Waals surface area contributed by atoms with Gasteiger partial charge < -0.3 is 5.32 Å². The van der Waals surface area contributed by atoms with E-state index < -0.39 is 0 Å². The Morgan fingerprint density at radius 1 is 0.857 bits per heavy atom. The fraction of sp³-hybridized carbons (Fsp3) is 1.00. The maximum Gasteiger partial charge on any atom is 0.0307 e. The molecule has 1 heterocycles. The zero-order valence-corrected chi connectivity index (χ0v) is 10.1. The first kappa shape index (κ1) is 12.0. The predicted octanol–water partition coefficient (Wildman–Crippen LogP) is 3.88. The van der Waals surface area contributed by atoms with Crippen molar-refractivity contribution in [2.75, 3.05) is 6.54 Å². The van der Waals surface area contributed by atoms with Gasteiger partial charge in [0.05, 0.1) is 0 Å². The summed E-state index contributed by atoms with van der Waals surface area (Å²) in [5.41, 5.74) is 0.597. The lowest BCUT2D eigenvalue weighted by atomic mass is 9.96. The molecule has 0 aliphatic carbocycles. The smallest absolute Gasteiger partial charge is 0.0307 e. The third-order valence-electron chi connectivity index (χ3n) is 3.41. The molecule has 1 saturated heterocycles. The van der Waals surface area contributed by atoms with E-state index >= 15 is 0 Å². The molecule has 1 nitrogen and oxygen atoms in total. The maximum atomic E-state index is 3.55. The SMILES string of the molecule is CCCCCCCCC1(CCC)CN1. The number of rotatable bonds is 9. The summed E-state index contributed by atoms with van der Waals surface area (Å²) in [5, 5.41) is 3.55. The van der Waals surface area contributed by atoms with Gasteiger partial charge in [-0.15, -0.1) is 0 Å². The second-order valence-electron chi connectivity index (χ2n) is 4.90. The van der Waals surface area contributed by atoms with Crippen LogP contribution < -0.4 is 5.32 Å². The normalized spacial score (nSPS) is 25.3. The molecule has 14 heavy (non-hydrogen) atoms. The third kappa shape index (κ3) is 4.45. The molecule has 1 fully saturated rings. The van der Waals surface area contributed by atoms with Crippen LogP contribution in [0.25, 0.3) is 0 Å². The Hall–Kier alpha value is -0.0400. The van der Waals surface area contributed by atoms with Gasteiger partial charge in [-0.05, 0) is 12.8 Å². The molecule has 0 bridgehead atoms. The summed E-state index contributed by atoms with van der Waals surface area (Å²) < 4.78 is 0. The van der Waals surface area contributed by atoms with Crippen LogP contribution in [0.5, 0.6) is 0 Å². The molecule has 0 spiro atoms. The molecule has 1 aliphatic rings. The molecule has 0 aromatic rings. The van der Waals surface area contributed by atoms with E-state index in [-0.39, 0.29) is 0 Å². The molecule has 84 valence electrons. The van der Waals surface area contributed by atoms with Crippen molar-refractivity contribution in [2.24, 2.45) is 0 Å². The van der Waals surface area contributed by atoms with Gasteiger partial charge in [0.25, 0.3) is 0 Å². The highest BCUT2D eigenvalue weighted by atomic mass is 15.2. The van der Waals surface area contributed by atoms with Crippen molar-refractivity contribution >= 4 is 0 Å². The number of hydrogen-bond acceptors (Lipinski definition) is 1. The van der Waals surface area contributed by atoms with Gasteiger partial charge >= 0.3 is 0 Å². The van der Waals surface area contributed by atoms with Crippen molar-refractivity contribution in [3.05, 3.63) is 0 Å². The minimum Gasteiger partial charge on any atom is -0.308 e. The topological polar surface area (TPSA) is 21.9 Å². The molecule has 0 saturated carbocycles. The van der Waals surface area contributed by atoms with E-state index in [0.717, 1.165) is 0 Å². The van der Waals surface area contributed by atoms with Crippen molar-refractivity contribution in [1.29, 1.82) is 0 Å². The van der Waals surface area contributed by atoms with Gasteiger partial charge in [0.2, 0.25) is 0 Å². The molecule has 1 heteroatoms. The van der Waals surface area contributed by atoms with E-state index in [0.29, 0.717) is 5.54 Å². The molecule has 0 aromatic carbocycles. The highest BCUT2D eigenvalue weighted by Crippen LogP contribution is 2.29. The number of unbranched alkanes of at least 4 members (excludes halogenated alkanes) is 5. The minimum absolute atomic E-state index is 0.597. The van der Waals surface area contributed by atoms with E-state index in [4.69, 9.17) is 0 Å². The molecule has 1 unspecified atom stereocenters. The van der Waals surface area contributed by atoms with Crippen LogP contribution in [0.3, 0.4) is 0 Å². The Balaban J connectivity index is 1.88. The van der Waals surface area contributed by atoms with E-state index in [1.165, 1.54) is 64.3 Å². The zero-order chi connectivity index (χ0) is 10.3. The van der Waals surface area contributed by atoms with Gasteiger partial charge in [0.1, 0.15) is 0 Å². The third-order valence-corrected chi connectivity index (χ3v) is 3.41. The summed E-state index contributed by atoms with van der Waals surface area (Å²) in [6.45, 7) is 5.86. The van der Waals surface area contributed by atoms with Crippen LogP contribution in [0.4, 0.5) is 0 Å². The predicted molar refractivity (Wildman–Crippen MR) is 63.6 cm³/mol. The van der Waals surface area contributed by atoms with Crippen LogP contribution in [0.2, 0.25) is 0 Å². The Kier molecular flexibility index (Phi) is 5.54. The van der Waals surface area contributed by atoms with Crippen LogP contribution in [-0.2, 0) is 0 Å². The lowest BCUT2D eigenvalue weighted by Gasteiger charge is -2.11. The van der Waals surface area contributed by atoms with Gasteiger partial charge in [-0.25, -0.2) is 0 Å². The second kappa shape index (κ2) is 6.44. The van der Waals surface area contributed by atoms with Crippen molar-refractivity contribution in [3.63, 3.8) is 0 Å². The highest BCUT2D eigenvalue weighted by Gasteiger charge is 2.39. The summed E-state index contributed by atoms with van der Waals surface area (Å²) in [7, 11) is 0. The van der Waals surface area contributed by atoms with Crippen LogP contribution in [-0.4, -0.2) is 12.1 Å². The van der Waals surface area contributed by atoms with E-state index in [9.17, 15) is 0 Å². The Morgan fingerprint density at radius 3 is 2.07 bits per heavy atom. The summed E-state index contributed by atoms with van der Waals surface area (Å²) >= 11 is 0. The Bertz CT molecular complexity index is 138. The molecule has 0 radical (unpaired) electrons. The maximum absolute atomic E-state index is 3.55. The van der Waals surface area contributed by atoms with Crippen molar-refractivity contribution in [2.45, 2.75) is 77.2 Å². The highest BCUT2D eigenvalue weighted by molar-refractivity contribution is 5.02. The lowest BCUT2D eigenvalue weighted by molar-refractivity contribution is 0.479. The molecule has 0 aromatic heterocycles.